The fourth-order valence-electron chi connectivity index (χ4n) is 1.38. The summed E-state index contributed by atoms with van der Waals surface area (Å²) >= 11 is 0. The Morgan fingerprint density at radius 2 is 2.12 bits per heavy atom. The first kappa shape index (κ1) is 10.4. The maximum atomic E-state index is 11.2. The second-order valence-electron chi connectivity index (χ2n) is 3.42. The van der Waals surface area contributed by atoms with E-state index < -0.39 is 5.63 Å². The minimum atomic E-state index is -0.489. The molecule has 0 spiro atoms. The van der Waals surface area contributed by atoms with Gasteiger partial charge in [0.1, 0.15) is 17.9 Å². The number of carbonyl (C=O) groups is 1. The standard InChI is InChI=1S/C12H10O4/c1-8(13)7-15-11-6-12(14)16-10-5-3-2-4-9(10)11/h2-6H,7H2,1H3. The number of ketones is 1. The number of para-hydroxylation sites is 1. The van der Waals surface area contributed by atoms with Gasteiger partial charge in [-0.15, -0.1) is 0 Å². The smallest absolute Gasteiger partial charge is 0.339 e. The summed E-state index contributed by atoms with van der Waals surface area (Å²) in [5, 5.41) is 0.684. The average molecular weight is 218 g/mol. The molecule has 1 heterocycles. The second kappa shape index (κ2) is 4.18. The van der Waals surface area contributed by atoms with Crippen molar-refractivity contribution in [2.75, 3.05) is 6.61 Å². The van der Waals surface area contributed by atoms with E-state index in [0.717, 1.165) is 0 Å². The number of hydrogen-bond donors (Lipinski definition) is 0. The summed E-state index contributed by atoms with van der Waals surface area (Å²) in [4.78, 5) is 22.0. The molecule has 0 atom stereocenters. The van der Waals surface area contributed by atoms with Gasteiger partial charge in [-0.05, 0) is 19.1 Å². The maximum absolute atomic E-state index is 11.2. The van der Waals surface area contributed by atoms with Crippen molar-refractivity contribution in [1.29, 1.82) is 0 Å². The molecule has 2 aromatic rings. The van der Waals surface area contributed by atoms with Gasteiger partial charge in [0.05, 0.1) is 11.5 Å². The Hall–Kier alpha value is -2.10. The molecule has 16 heavy (non-hydrogen) atoms. The zero-order valence-electron chi connectivity index (χ0n) is 8.73. The van der Waals surface area contributed by atoms with Crippen LogP contribution in [0.15, 0.2) is 39.5 Å². The Bertz CT molecular complexity index is 583. The SMILES string of the molecule is CC(=O)COc1cc(=O)oc2ccccc12. The van der Waals surface area contributed by atoms with Gasteiger partial charge in [0.25, 0.3) is 0 Å². The summed E-state index contributed by atoms with van der Waals surface area (Å²) in [6, 6.07) is 8.26. The largest absolute Gasteiger partial charge is 0.485 e. The average Bonchev–Trinajstić information content (AvgIpc) is 2.25. The quantitative estimate of drug-likeness (QED) is 0.736. The predicted octanol–water partition coefficient (Wildman–Crippen LogP) is 1.76. The molecule has 0 radical (unpaired) electrons. The third kappa shape index (κ3) is 2.11. The van der Waals surface area contributed by atoms with Crippen LogP contribution in [0, 0.1) is 0 Å². The van der Waals surface area contributed by atoms with E-state index in [2.05, 4.69) is 0 Å². The van der Waals surface area contributed by atoms with Crippen LogP contribution in [-0.4, -0.2) is 12.4 Å². The third-order valence-corrected chi connectivity index (χ3v) is 2.04. The molecule has 0 amide bonds. The maximum Gasteiger partial charge on any atom is 0.339 e. The van der Waals surface area contributed by atoms with Gasteiger partial charge in [0, 0.05) is 0 Å². The summed E-state index contributed by atoms with van der Waals surface area (Å²) in [5.74, 6) is 0.277. The van der Waals surface area contributed by atoms with Gasteiger partial charge in [-0.25, -0.2) is 4.79 Å². The Balaban J connectivity index is 2.50. The normalized spacial score (nSPS) is 10.3. The predicted molar refractivity (Wildman–Crippen MR) is 58.7 cm³/mol. The lowest BCUT2D eigenvalue weighted by molar-refractivity contribution is -0.118. The van der Waals surface area contributed by atoms with Gasteiger partial charge in [-0.2, -0.15) is 0 Å². The van der Waals surface area contributed by atoms with Gasteiger partial charge in [0.2, 0.25) is 0 Å². The van der Waals surface area contributed by atoms with Crippen LogP contribution in [0.5, 0.6) is 5.75 Å². The van der Waals surface area contributed by atoms with Gasteiger partial charge in [0.15, 0.2) is 5.78 Å². The lowest BCUT2D eigenvalue weighted by atomic mass is 10.2. The summed E-state index contributed by atoms with van der Waals surface area (Å²) < 4.78 is 10.2. The first-order valence-electron chi connectivity index (χ1n) is 4.82. The molecule has 4 nitrogen and oxygen atoms in total. The molecule has 0 fully saturated rings. The molecular formula is C12H10O4. The van der Waals surface area contributed by atoms with Crippen molar-refractivity contribution in [3.63, 3.8) is 0 Å². The molecule has 0 bridgehead atoms. The number of benzene rings is 1. The fourth-order valence-corrected chi connectivity index (χ4v) is 1.38. The number of Topliss-reactive ketones (excluding diaryl/α,β-unsaturated/α-hetero) is 1. The Labute approximate surface area is 91.4 Å². The highest BCUT2D eigenvalue weighted by Crippen LogP contribution is 2.22. The van der Waals surface area contributed by atoms with E-state index in [1.165, 1.54) is 13.0 Å². The van der Waals surface area contributed by atoms with Crippen molar-refractivity contribution in [3.05, 3.63) is 40.8 Å². The van der Waals surface area contributed by atoms with E-state index in [9.17, 15) is 9.59 Å². The summed E-state index contributed by atoms with van der Waals surface area (Å²) in [7, 11) is 0. The zero-order chi connectivity index (χ0) is 11.5. The first-order chi connectivity index (χ1) is 7.66. The monoisotopic (exact) mass is 218 g/mol. The number of fused-ring (bicyclic) bond motifs is 1. The molecule has 2 rings (SSSR count). The molecule has 0 N–H and O–H groups in total. The molecule has 0 saturated heterocycles. The van der Waals surface area contributed by atoms with Crippen molar-refractivity contribution in [2.45, 2.75) is 6.92 Å². The molecule has 0 aliphatic heterocycles. The topological polar surface area (TPSA) is 56.5 Å². The minimum Gasteiger partial charge on any atom is -0.485 e. The molecular weight excluding hydrogens is 208 g/mol. The fraction of sp³-hybridized carbons (Fsp3) is 0.167. The highest BCUT2D eigenvalue weighted by Gasteiger charge is 2.06. The van der Waals surface area contributed by atoms with Gasteiger partial charge < -0.3 is 9.15 Å². The van der Waals surface area contributed by atoms with Crippen molar-refractivity contribution >= 4 is 16.8 Å². The summed E-state index contributed by atoms with van der Waals surface area (Å²) in [6.45, 7) is 1.38. The molecule has 4 heteroatoms. The van der Waals surface area contributed by atoms with Crippen LogP contribution >= 0.6 is 0 Å². The van der Waals surface area contributed by atoms with Gasteiger partial charge >= 0.3 is 5.63 Å². The Morgan fingerprint density at radius 3 is 2.88 bits per heavy atom. The van der Waals surface area contributed by atoms with Crippen LogP contribution in [0.2, 0.25) is 0 Å². The zero-order valence-corrected chi connectivity index (χ0v) is 8.73. The number of rotatable bonds is 3. The van der Waals surface area contributed by atoms with E-state index in [0.29, 0.717) is 16.7 Å². The lowest BCUT2D eigenvalue weighted by Crippen LogP contribution is -2.08. The summed E-state index contributed by atoms with van der Waals surface area (Å²) in [6.07, 6.45) is 0. The molecule has 0 aliphatic rings. The van der Waals surface area contributed by atoms with Gasteiger partial charge in [-0.1, -0.05) is 12.1 Å². The molecule has 0 unspecified atom stereocenters. The minimum absolute atomic E-state index is 0.0482. The Morgan fingerprint density at radius 1 is 1.38 bits per heavy atom. The summed E-state index contributed by atoms with van der Waals surface area (Å²) in [5.41, 5.74) is -0.0363. The van der Waals surface area contributed by atoms with Crippen LogP contribution in [0.1, 0.15) is 6.92 Å². The van der Waals surface area contributed by atoms with Crippen LogP contribution in [0.3, 0.4) is 0 Å². The van der Waals surface area contributed by atoms with E-state index in [1.54, 1.807) is 18.2 Å². The van der Waals surface area contributed by atoms with Crippen molar-refractivity contribution in [1.82, 2.24) is 0 Å². The van der Waals surface area contributed by atoms with Crippen molar-refractivity contribution in [3.8, 4) is 5.75 Å². The molecule has 82 valence electrons. The van der Waals surface area contributed by atoms with E-state index in [-0.39, 0.29) is 12.4 Å². The molecule has 0 saturated carbocycles. The van der Waals surface area contributed by atoms with E-state index in [4.69, 9.17) is 9.15 Å². The molecule has 0 aliphatic carbocycles. The number of ether oxygens (including phenoxy) is 1. The van der Waals surface area contributed by atoms with Gasteiger partial charge in [-0.3, -0.25) is 4.79 Å². The molecule has 1 aromatic heterocycles. The number of carbonyl (C=O) groups excluding carboxylic acids is 1. The van der Waals surface area contributed by atoms with Crippen LogP contribution in [0.25, 0.3) is 11.0 Å². The van der Waals surface area contributed by atoms with Crippen LogP contribution in [0.4, 0.5) is 0 Å². The number of hydrogen-bond acceptors (Lipinski definition) is 4. The Kier molecular flexibility index (Phi) is 2.72. The lowest BCUT2D eigenvalue weighted by Gasteiger charge is -2.05. The highest BCUT2D eigenvalue weighted by atomic mass is 16.5. The van der Waals surface area contributed by atoms with Crippen LogP contribution < -0.4 is 10.4 Å². The highest BCUT2D eigenvalue weighted by molar-refractivity contribution is 5.83. The molecule has 1 aromatic carbocycles. The third-order valence-electron chi connectivity index (χ3n) is 2.04. The first-order valence-corrected chi connectivity index (χ1v) is 4.82. The van der Waals surface area contributed by atoms with E-state index in [1.807, 2.05) is 6.07 Å². The van der Waals surface area contributed by atoms with Crippen molar-refractivity contribution in [2.24, 2.45) is 0 Å². The van der Waals surface area contributed by atoms with Crippen molar-refractivity contribution < 1.29 is 13.9 Å². The van der Waals surface area contributed by atoms with E-state index >= 15 is 0 Å². The van der Waals surface area contributed by atoms with Crippen LogP contribution in [-0.2, 0) is 4.79 Å². The second-order valence-corrected chi connectivity index (χ2v) is 3.42.